The predicted octanol–water partition coefficient (Wildman–Crippen LogP) is 10.2. The summed E-state index contributed by atoms with van der Waals surface area (Å²) >= 11 is 0. The summed E-state index contributed by atoms with van der Waals surface area (Å²) < 4.78 is 474. The third-order valence-corrected chi connectivity index (χ3v) is 27.7. The third-order valence-electron chi connectivity index (χ3n) is 23.4. The van der Waals surface area contributed by atoms with Crippen LogP contribution in [0.5, 0.6) is 5.75 Å². The monoisotopic (exact) mass is 2220 g/mol. The van der Waals surface area contributed by atoms with Crippen LogP contribution in [0.4, 0.5) is 79.0 Å². The van der Waals surface area contributed by atoms with Crippen molar-refractivity contribution < 1.29 is 248 Å². The predicted molar refractivity (Wildman–Crippen MR) is 455 cm³/mol. The van der Waals surface area contributed by atoms with Crippen LogP contribution in [0.3, 0.4) is 0 Å². The highest BCUT2D eigenvalue weighted by Gasteiger charge is 2.76. The Bertz CT molecular complexity index is 6100. The van der Waals surface area contributed by atoms with Crippen LogP contribution in [0.1, 0.15) is 93.1 Å². The van der Waals surface area contributed by atoms with Crippen molar-refractivity contribution >= 4 is 114 Å². The molecule has 0 spiro atoms. The van der Waals surface area contributed by atoms with Gasteiger partial charge in [0.1, 0.15) is 48.5 Å². The first-order chi connectivity index (χ1) is 64.5. The smallest absolute Gasteiger partial charge is 0.438 e. The Labute approximate surface area is 823 Å². The Morgan fingerprint density at radius 3 is 1.29 bits per heavy atom. The van der Waals surface area contributed by atoms with E-state index in [0.29, 0.717) is 83.5 Å². The van der Waals surface area contributed by atoms with Gasteiger partial charge in [0.05, 0.1) is 174 Å². The van der Waals surface area contributed by atoms with Crippen LogP contribution in [0.15, 0.2) is 97.1 Å². The van der Waals surface area contributed by atoms with Gasteiger partial charge in [-0.2, -0.15) is 79.0 Å². The molecule has 10 fully saturated rings. The van der Waals surface area contributed by atoms with Crippen molar-refractivity contribution in [3.63, 3.8) is 0 Å². The molecule has 7 aliphatic heterocycles. The summed E-state index contributed by atoms with van der Waals surface area (Å²) in [6.45, 7) is 3.47. The van der Waals surface area contributed by atoms with Crippen LogP contribution < -0.4 is 4.74 Å². The normalized spacial score (nSPS) is 25.3. The lowest BCUT2D eigenvalue weighted by Gasteiger charge is -2.36. The molecule has 5 aromatic rings. The molecule has 0 radical (unpaired) electrons. The molecular formula is C86H94F18O37S5. The van der Waals surface area contributed by atoms with Crippen LogP contribution in [0.2, 0.25) is 0 Å². The molecule has 60 heteroatoms. The minimum atomic E-state index is -6.40. The topological polar surface area (TPSA) is 560 Å². The van der Waals surface area contributed by atoms with Gasteiger partial charge in [0.25, 0.3) is 0 Å². The van der Waals surface area contributed by atoms with E-state index >= 15 is 0 Å². The summed E-state index contributed by atoms with van der Waals surface area (Å²) in [4.78, 5) is 85.1. The molecule has 0 N–H and O–H groups in total. The quantitative estimate of drug-likeness (QED) is 0.00940. The van der Waals surface area contributed by atoms with Crippen molar-refractivity contribution in [1.82, 2.24) is 0 Å². The Kier molecular flexibility index (Phi) is 38.9. The molecule has 3 aliphatic carbocycles. The standard InChI is InChI=1S/C18H14F6O6S.C18H17F3O6S.C16H19F3O9S.C15H19F3O9S.C14H15F3O7S.5CH3/c19-17(20,21)16(18(22,23)24,9-31(26,27)28)30-15(25)6-10-1-2-12-7-13(14-8-29-14)4-3-11(12)5-10;1-17(18(19,20)21,10-28(23,24)25)27-16(22)8-11-6-12-4-2-3-5-13(12)14(7-11)15-9-26-15;1-15(16(17,18)19,5-29(22,23)24)28-14(21)10-7-2-8-9(10)13(20)27-12(8)11(7)26-4-6-3-25-6;1-14(15(16,17)18,6-28(21,22)23)27-13(20)9-2-10(25-5-7-4-24-7)11-3-8(9)12(19)26-11;1-13(14(15,16)17,8-25(19,20)21)24-12(18)7-22-10-4-2-9(3-5-10)11-6-23-11;;;;;/h1-5,7,14H,6,8-9H2,(H,26,27,28);2-7,15H,8-10H2,1H3,(H,23,24,25);6-12H,2-5H2,1H3,(H,22,23,24);7-11H,2-6H2,1H3,(H,21,22,23);2-5,11H,6-8H2,1H3,(H,19,20,21);5*1H3/q;;;;;5*+1/p-5. The zero-order chi connectivity index (χ0) is 105. The highest BCUT2D eigenvalue weighted by molar-refractivity contribution is 7.86. The summed E-state index contributed by atoms with van der Waals surface area (Å²) in [5, 5.41) is 2.93. The van der Waals surface area contributed by atoms with Gasteiger partial charge < -0.3 is 93.8 Å². The van der Waals surface area contributed by atoms with E-state index in [1.807, 2.05) is 12.1 Å². The van der Waals surface area contributed by atoms with Crippen molar-refractivity contribution in [1.29, 1.82) is 0 Å². The Morgan fingerprint density at radius 2 is 0.822 bits per heavy atom. The van der Waals surface area contributed by atoms with E-state index in [4.69, 9.17) is 47.4 Å². The second-order valence-corrected chi connectivity index (χ2v) is 41.8. The first-order valence-corrected chi connectivity index (χ1v) is 49.1. The number of benzene rings is 5. The van der Waals surface area contributed by atoms with Crippen molar-refractivity contribution in [3.05, 3.63) is 162 Å². The summed E-state index contributed by atoms with van der Waals surface area (Å²) in [5.41, 5.74) is -16.4. The van der Waals surface area contributed by atoms with Crippen LogP contribution in [0, 0.1) is 72.6 Å². The maximum absolute atomic E-state index is 13.4. The number of alkyl halides is 18. The number of ether oxygens (including phenoxy) is 15. The second-order valence-electron chi connectivity index (χ2n) is 34.8. The maximum atomic E-state index is 13.4. The fourth-order valence-electron chi connectivity index (χ4n) is 16.0. The van der Waals surface area contributed by atoms with Crippen LogP contribution >= 0.6 is 0 Å². The van der Waals surface area contributed by atoms with Gasteiger partial charge >= 0.3 is 84.4 Å². The molecule has 4 bridgehead atoms. The van der Waals surface area contributed by atoms with Gasteiger partial charge in [-0.25, -0.2) is 46.9 Å². The van der Waals surface area contributed by atoms with Gasteiger partial charge in [-0.1, -0.05) is 78.9 Å². The number of carbonyl (C=O) groups excluding carboxylic acids is 7. The molecule has 15 rings (SSSR count). The number of fused-ring (bicyclic) bond motifs is 5. The lowest BCUT2D eigenvalue weighted by atomic mass is 9.78. The fraction of sp³-hybridized carbons (Fsp3) is 0.558. The van der Waals surface area contributed by atoms with Crippen molar-refractivity contribution in [2.75, 3.05) is 81.6 Å². The van der Waals surface area contributed by atoms with E-state index in [9.17, 15) is 177 Å². The van der Waals surface area contributed by atoms with Gasteiger partial charge in [0.15, 0.2) is 6.61 Å². The summed E-state index contributed by atoms with van der Waals surface area (Å²) in [5.74, 6) is -25.2. The van der Waals surface area contributed by atoms with Crippen molar-refractivity contribution in [2.24, 2.45) is 35.5 Å². The van der Waals surface area contributed by atoms with Crippen LogP contribution in [-0.4, -0.2) is 290 Å². The van der Waals surface area contributed by atoms with Crippen molar-refractivity contribution in [3.8, 4) is 5.75 Å². The minimum absolute atomic E-state index is 0. The highest BCUT2D eigenvalue weighted by atomic mass is 32.2. The zero-order valence-corrected chi connectivity index (χ0v) is 81.7. The number of halogens is 18. The molecule has 7 heterocycles. The van der Waals surface area contributed by atoms with Gasteiger partial charge in [-0.05, 0) is 108 Å². The van der Waals surface area contributed by atoms with E-state index in [-0.39, 0.29) is 105 Å². The molecule has 0 amide bonds. The van der Waals surface area contributed by atoms with E-state index < -0.39 is 266 Å². The molecular weight excluding hydrogens is 2130 g/mol. The van der Waals surface area contributed by atoms with E-state index in [2.05, 4.69) is 23.7 Å². The molecule has 7 saturated heterocycles. The number of esters is 7. The maximum Gasteiger partial charge on any atom is 0.438 e. The molecule has 816 valence electrons. The first kappa shape index (κ1) is 125. The lowest BCUT2D eigenvalue weighted by Crippen LogP contribution is -2.63. The molecule has 19 atom stereocenters. The molecule has 146 heavy (non-hydrogen) atoms. The number of carbonyl (C=O) groups is 7. The van der Waals surface area contributed by atoms with Crippen molar-refractivity contribution in [2.45, 2.75) is 180 Å². The van der Waals surface area contributed by atoms with Gasteiger partial charge in [0.2, 0.25) is 22.4 Å². The summed E-state index contributed by atoms with van der Waals surface area (Å²) in [6, 6.07) is 26.2. The summed E-state index contributed by atoms with van der Waals surface area (Å²) in [7, 11) is -27.4. The molecule has 5 aromatic carbocycles. The van der Waals surface area contributed by atoms with E-state index in [1.54, 1.807) is 54.6 Å². The van der Waals surface area contributed by atoms with Gasteiger partial charge in [-0.3, -0.25) is 28.8 Å². The number of hydrogen-bond donors (Lipinski definition) is 0. The zero-order valence-electron chi connectivity index (χ0n) is 77.6. The molecule has 3 saturated carbocycles. The Morgan fingerprint density at radius 1 is 0.404 bits per heavy atom. The molecule has 0 aromatic heterocycles. The third kappa shape index (κ3) is 32.1. The highest BCUT2D eigenvalue weighted by Crippen LogP contribution is 2.60. The fourth-order valence-corrected chi connectivity index (χ4v) is 20.5. The van der Waals surface area contributed by atoms with Gasteiger partial charge in [-0.15, -0.1) is 0 Å². The average molecular weight is 2220 g/mol. The SMILES string of the molecule is CC(CS(=O)(=O)[O-])(OC(=O)C1C2CC3C(OC(=O)C31)C2OCC1CO1)C(F)(F)F.CC(CS(=O)(=O)[O-])(OC(=O)C1CC(OCC2CO2)C2CC1C(=O)O2)C(F)(F)F.CC(CS(=O)(=O)[O-])(OC(=O)COc1ccc(C2CO2)cc1)C(F)(F)F.CC(CS(=O)(=O)[O-])(OC(=O)Cc1cc(C2CO2)c2ccccc2c1)C(F)(F)F.O=C(Cc1ccc2cc(C3CO3)ccc2c1)OC(CS(=O)(=O)[O-])(C(F)(F)F)C(F)(F)F.[CH3+].[CH3+].[CH3+].[CH3+].[CH3+]. The number of epoxide rings is 5. The Balaban J connectivity index is 0.000000277. The molecule has 19 unspecified atom stereocenters. The van der Waals surface area contributed by atoms with E-state index in [1.165, 1.54) is 30.3 Å². The van der Waals surface area contributed by atoms with Gasteiger partial charge in [0, 0.05) is 55.4 Å². The molecule has 10 aliphatic rings. The second kappa shape index (κ2) is 45.5. The summed E-state index contributed by atoms with van der Waals surface area (Å²) in [6.07, 6.45) is -38.2. The molecule has 37 nitrogen and oxygen atoms in total. The average Bonchev–Trinajstić information content (AvgIpc) is 1.53. The largest absolute Gasteiger partial charge is 0.748 e. The minimum Gasteiger partial charge on any atom is -0.748 e. The van der Waals surface area contributed by atoms with E-state index in [0.717, 1.165) is 27.5 Å². The first-order valence-electron chi connectivity index (χ1n) is 41.2. The lowest BCUT2D eigenvalue weighted by molar-refractivity contribution is -0.361. The number of rotatable bonds is 33. The Hall–Kier alpha value is -9.93. The van der Waals surface area contributed by atoms with Crippen LogP contribution in [-0.2, 0) is 163 Å². The number of hydrogen-bond acceptors (Lipinski definition) is 37. The van der Waals surface area contributed by atoms with Crippen LogP contribution in [0.25, 0.3) is 21.5 Å².